The van der Waals surface area contributed by atoms with Crippen LogP contribution in [0.15, 0.2) is 6.20 Å². The van der Waals surface area contributed by atoms with Gasteiger partial charge in [0, 0.05) is 20.2 Å². The van der Waals surface area contributed by atoms with Gasteiger partial charge in [0.05, 0.1) is 19.9 Å². The highest BCUT2D eigenvalue weighted by molar-refractivity contribution is 7.17. The third-order valence-corrected chi connectivity index (χ3v) is 3.34. The fourth-order valence-electron chi connectivity index (χ4n) is 1.51. The molecule has 102 valence electrons. The van der Waals surface area contributed by atoms with Gasteiger partial charge in [0.2, 0.25) is 0 Å². The van der Waals surface area contributed by atoms with Gasteiger partial charge in [-0.1, -0.05) is 25.2 Å². The van der Waals surface area contributed by atoms with Crippen LogP contribution in [0, 0.1) is 5.92 Å². The number of carbonyl (C=O) groups excluding carboxylic acids is 1. The van der Waals surface area contributed by atoms with Gasteiger partial charge in [0.1, 0.15) is 4.88 Å². The number of methoxy groups -OCH3 is 2. The van der Waals surface area contributed by atoms with E-state index in [0.717, 1.165) is 18.2 Å². The number of nitrogens with zero attached hydrogens (tertiary/aromatic N) is 2. The molecule has 0 fully saturated rings. The first-order chi connectivity index (χ1) is 8.58. The monoisotopic (exact) mass is 272 g/mol. The number of hydrogen-bond acceptors (Lipinski definition) is 6. The first-order valence-corrected chi connectivity index (χ1v) is 6.68. The summed E-state index contributed by atoms with van der Waals surface area (Å²) in [5, 5.41) is 0.834. The van der Waals surface area contributed by atoms with Crippen molar-refractivity contribution in [1.29, 1.82) is 0 Å². The van der Waals surface area contributed by atoms with Gasteiger partial charge in [-0.2, -0.15) is 0 Å². The molecule has 1 rings (SSSR count). The Hall–Kier alpha value is -1.14. The van der Waals surface area contributed by atoms with Crippen LogP contribution in [0.2, 0.25) is 0 Å². The smallest absolute Gasteiger partial charge is 0.349 e. The van der Waals surface area contributed by atoms with E-state index in [4.69, 9.17) is 4.74 Å². The molecule has 0 radical (unpaired) electrons. The Morgan fingerprint density at radius 1 is 1.50 bits per heavy atom. The normalized spacial score (nSPS) is 10.7. The second kappa shape index (κ2) is 7.33. The summed E-state index contributed by atoms with van der Waals surface area (Å²) in [6.45, 7) is 6.59. The van der Waals surface area contributed by atoms with Crippen LogP contribution in [-0.2, 0) is 9.47 Å². The second-order valence-electron chi connectivity index (χ2n) is 4.33. The fourth-order valence-corrected chi connectivity index (χ4v) is 2.38. The quantitative estimate of drug-likeness (QED) is 0.711. The molecule has 1 heterocycles. The van der Waals surface area contributed by atoms with Crippen LogP contribution in [0.5, 0.6) is 0 Å². The third-order valence-electron chi connectivity index (χ3n) is 2.30. The van der Waals surface area contributed by atoms with E-state index in [1.54, 1.807) is 13.3 Å². The van der Waals surface area contributed by atoms with Crippen LogP contribution in [0.3, 0.4) is 0 Å². The van der Waals surface area contributed by atoms with E-state index in [2.05, 4.69) is 28.5 Å². The maximum atomic E-state index is 11.4. The Bertz CT molecular complexity index is 379. The van der Waals surface area contributed by atoms with Gasteiger partial charge < -0.3 is 14.4 Å². The Morgan fingerprint density at radius 2 is 2.22 bits per heavy atom. The number of thiazole rings is 1. The molecule has 0 N–H and O–H groups in total. The van der Waals surface area contributed by atoms with Crippen molar-refractivity contribution in [2.45, 2.75) is 13.8 Å². The highest BCUT2D eigenvalue weighted by Gasteiger charge is 2.16. The number of hydrogen-bond donors (Lipinski definition) is 0. The van der Waals surface area contributed by atoms with Crippen molar-refractivity contribution >= 4 is 22.4 Å². The zero-order valence-electron chi connectivity index (χ0n) is 11.3. The molecule has 0 aliphatic carbocycles. The fraction of sp³-hybridized carbons (Fsp3) is 0.667. The van der Waals surface area contributed by atoms with E-state index in [9.17, 15) is 4.79 Å². The molecule has 1 aromatic rings. The molecule has 0 aliphatic heterocycles. The maximum Gasteiger partial charge on any atom is 0.349 e. The van der Waals surface area contributed by atoms with E-state index >= 15 is 0 Å². The predicted molar refractivity (Wildman–Crippen MR) is 72.4 cm³/mol. The first-order valence-electron chi connectivity index (χ1n) is 5.86. The summed E-state index contributed by atoms with van der Waals surface area (Å²) in [6.07, 6.45) is 1.56. The Morgan fingerprint density at radius 3 is 2.78 bits per heavy atom. The molecule has 0 unspecified atom stereocenters. The summed E-state index contributed by atoms with van der Waals surface area (Å²) >= 11 is 1.35. The summed E-state index contributed by atoms with van der Waals surface area (Å²) in [7, 11) is 3.05. The number of carbonyl (C=O) groups is 1. The lowest BCUT2D eigenvalue weighted by Crippen LogP contribution is -2.30. The van der Waals surface area contributed by atoms with Gasteiger partial charge in [-0.25, -0.2) is 9.78 Å². The lowest BCUT2D eigenvalue weighted by molar-refractivity contribution is 0.0606. The van der Waals surface area contributed by atoms with Crippen molar-refractivity contribution in [3.63, 3.8) is 0 Å². The number of anilines is 1. The molecule has 5 nitrogen and oxygen atoms in total. The van der Waals surface area contributed by atoms with Crippen LogP contribution in [0.4, 0.5) is 5.13 Å². The van der Waals surface area contributed by atoms with Gasteiger partial charge >= 0.3 is 5.97 Å². The van der Waals surface area contributed by atoms with Crippen LogP contribution in [0.1, 0.15) is 23.5 Å². The van der Waals surface area contributed by atoms with Crippen LogP contribution >= 0.6 is 11.3 Å². The lowest BCUT2D eigenvalue weighted by Gasteiger charge is -2.23. The Balaban J connectivity index is 2.77. The summed E-state index contributed by atoms with van der Waals surface area (Å²) in [5.74, 6) is 0.183. The largest absolute Gasteiger partial charge is 0.465 e. The van der Waals surface area contributed by atoms with Crippen molar-refractivity contribution in [1.82, 2.24) is 4.98 Å². The molecular formula is C12H20N2O3S. The predicted octanol–water partition coefficient (Wildman–Crippen LogP) is 2.04. The Labute approximate surface area is 112 Å². The van der Waals surface area contributed by atoms with Crippen LogP contribution < -0.4 is 4.90 Å². The number of esters is 1. The van der Waals surface area contributed by atoms with Gasteiger partial charge in [-0.05, 0) is 5.92 Å². The average molecular weight is 272 g/mol. The summed E-state index contributed by atoms with van der Waals surface area (Å²) < 4.78 is 9.77. The van der Waals surface area contributed by atoms with Gasteiger partial charge in [-0.15, -0.1) is 0 Å². The molecule has 0 atom stereocenters. The molecule has 0 aromatic carbocycles. The number of rotatable bonds is 7. The number of aromatic nitrogens is 1. The van der Waals surface area contributed by atoms with Crippen molar-refractivity contribution < 1.29 is 14.3 Å². The minimum atomic E-state index is -0.338. The first kappa shape index (κ1) is 14.9. The van der Waals surface area contributed by atoms with E-state index in [-0.39, 0.29) is 5.97 Å². The van der Waals surface area contributed by atoms with Crippen molar-refractivity contribution in [3.8, 4) is 0 Å². The molecule has 0 aliphatic rings. The van der Waals surface area contributed by atoms with Crippen molar-refractivity contribution in [2.75, 3.05) is 38.8 Å². The van der Waals surface area contributed by atoms with E-state index in [0.29, 0.717) is 17.4 Å². The van der Waals surface area contributed by atoms with E-state index < -0.39 is 0 Å². The molecule has 18 heavy (non-hydrogen) atoms. The van der Waals surface area contributed by atoms with Gasteiger partial charge in [0.25, 0.3) is 0 Å². The minimum Gasteiger partial charge on any atom is -0.465 e. The van der Waals surface area contributed by atoms with E-state index in [1.165, 1.54) is 18.4 Å². The van der Waals surface area contributed by atoms with Crippen molar-refractivity contribution in [3.05, 3.63) is 11.1 Å². The zero-order chi connectivity index (χ0) is 13.5. The average Bonchev–Trinajstić information content (AvgIpc) is 2.82. The molecular weight excluding hydrogens is 252 g/mol. The maximum absolute atomic E-state index is 11.4. The highest BCUT2D eigenvalue weighted by Crippen LogP contribution is 2.23. The molecule has 0 spiro atoms. The number of ether oxygens (including phenoxy) is 2. The SMILES string of the molecule is COCCN(CC(C)C)c1ncc(C(=O)OC)s1. The molecule has 0 amide bonds. The zero-order valence-corrected chi connectivity index (χ0v) is 12.1. The topological polar surface area (TPSA) is 51.7 Å². The molecule has 0 saturated heterocycles. The summed E-state index contributed by atoms with van der Waals surface area (Å²) in [6, 6.07) is 0. The molecule has 0 saturated carbocycles. The van der Waals surface area contributed by atoms with Gasteiger partial charge in [0.15, 0.2) is 5.13 Å². The third kappa shape index (κ3) is 4.27. The lowest BCUT2D eigenvalue weighted by atomic mass is 10.2. The van der Waals surface area contributed by atoms with Crippen molar-refractivity contribution in [2.24, 2.45) is 5.92 Å². The van der Waals surface area contributed by atoms with E-state index in [1.807, 2.05) is 0 Å². The standard InChI is InChI=1S/C12H20N2O3S/c1-9(2)8-14(5-6-16-3)12-13-7-10(18-12)11(15)17-4/h7,9H,5-6,8H2,1-4H3. The molecule has 6 heteroatoms. The molecule has 0 bridgehead atoms. The van der Waals surface area contributed by atoms with Gasteiger partial charge in [-0.3, -0.25) is 0 Å². The Kier molecular flexibility index (Phi) is 6.07. The van der Waals surface area contributed by atoms with Crippen LogP contribution in [-0.4, -0.2) is 44.9 Å². The highest BCUT2D eigenvalue weighted by atomic mass is 32.1. The summed E-state index contributed by atoms with van der Waals surface area (Å²) in [4.78, 5) is 18.3. The summed E-state index contributed by atoms with van der Waals surface area (Å²) in [5.41, 5.74) is 0. The van der Waals surface area contributed by atoms with Crippen LogP contribution in [0.25, 0.3) is 0 Å². The second-order valence-corrected chi connectivity index (χ2v) is 5.34. The molecule has 1 aromatic heterocycles. The minimum absolute atomic E-state index is 0.338.